The lowest BCUT2D eigenvalue weighted by molar-refractivity contribution is -0.175. The molecule has 1 aliphatic rings. The fourth-order valence-electron chi connectivity index (χ4n) is 4.11. The highest BCUT2D eigenvalue weighted by Crippen LogP contribution is 2.33. The van der Waals surface area contributed by atoms with Crippen LogP contribution in [0, 0.1) is 13.8 Å². The molecule has 2 N–H and O–H groups in total. The molecule has 1 aromatic heterocycles. The van der Waals surface area contributed by atoms with E-state index in [9.17, 15) is 18.0 Å². The summed E-state index contributed by atoms with van der Waals surface area (Å²) in [7, 11) is 1.87. The van der Waals surface area contributed by atoms with Gasteiger partial charge in [-0.05, 0) is 25.0 Å². The van der Waals surface area contributed by atoms with E-state index in [0.717, 1.165) is 22.5 Å². The number of aromatic nitrogens is 2. The van der Waals surface area contributed by atoms with Gasteiger partial charge in [-0.3, -0.25) is 4.68 Å². The number of rotatable bonds is 2. The van der Waals surface area contributed by atoms with E-state index in [0.29, 0.717) is 21.7 Å². The lowest BCUT2D eigenvalue weighted by atomic mass is 9.93. The van der Waals surface area contributed by atoms with Gasteiger partial charge in [0, 0.05) is 35.9 Å². The fourth-order valence-corrected chi connectivity index (χ4v) is 4.11. The molecule has 0 saturated heterocycles. The van der Waals surface area contributed by atoms with Gasteiger partial charge in [-0.1, -0.05) is 48.5 Å². The Hall–Kier alpha value is -3.62. The summed E-state index contributed by atoms with van der Waals surface area (Å²) in [6, 6.07) is 10.6. The molecule has 0 spiro atoms. The second-order valence-corrected chi connectivity index (χ2v) is 7.80. The Balaban J connectivity index is 1.84. The highest BCUT2D eigenvalue weighted by Gasteiger charge is 2.47. The van der Waals surface area contributed by atoms with Crippen molar-refractivity contribution in [3.63, 3.8) is 0 Å². The Morgan fingerprint density at radius 3 is 2.25 bits per heavy atom. The van der Waals surface area contributed by atoms with E-state index >= 15 is 0 Å². The van der Waals surface area contributed by atoms with Gasteiger partial charge in [-0.25, -0.2) is 9.80 Å². The SMILES string of the molecule is Cc1nn(C)c(C)c1-c1ccc(C2=NN(C(N)=O)C(C(F)(F)F)Cc3ccccc32)cc1. The van der Waals surface area contributed by atoms with Crippen molar-refractivity contribution in [2.45, 2.75) is 32.5 Å². The third kappa shape index (κ3) is 3.74. The minimum absolute atomic E-state index is 0.261. The first-order chi connectivity index (χ1) is 15.1. The molecule has 9 heteroatoms. The van der Waals surface area contributed by atoms with Crippen LogP contribution < -0.4 is 5.73 Å². The number of carbonyl (C=O) groups excluding carboxylic acids is 1. The second kappa shape index (κ2) is 7.81. The molecule has 2 heterocycles. The molecular weight excluding hydrogens is 419 g/mol. The molecule has 0 radical (unpaired) electrons. The second-order valence-electron chi connectivity index (χ2n) is 7.80. The van der Waals surface area contributed by atoms with Crippen LogP contribution in [0.1, 0.15) is 28.1 Å². The number of primary amides is 1. The zero-order valence-corrected chi connectivity index (χ0v) is 17.8. The lowest BCUT2D eigenvalue weighted by Gasteiger charge is -2.26. The van der Waals surface area contributed by atoms with Crippen molar-refractivity contribution in [3.8, 4) is 11.1 Å². The highest BCUT2D eigenvalue weighted by atomic mass is 19.4. The van der Waals surface area contributed by atoms with Crippen LogP contribution in [0.15, 0.2) is 53.6 Å². The molecular formula is C23H22F3N5O. The number of alkyl halides is 3. The average Bonchev–Trinajstić information content (AvgIpc) is 2.89. The molecule has 1 unspecified atom stereocenters. The molecule has 2 aromatic carbocycles. The molecule has 166 valence electrons. The summed E-state index contributed by atoms with van der Waals surface area (Å²) in [5.41, 5.74) is 10.9. The summed E-state index contributed by atoms with van der Waals surface area (Å²) in [6.45, 7) is 3.89. The van der Waals surface area contributed by atoms with E-state index in [-0.39, 0.29) is 5.71 Å². The van der Waals surface area contributed by atoms with Crippen LogP contribution in [-0.2, 0) is 13.5 Å². The maximum absolute atomic E-state index is 13.7. The van der Waals surface area contributed by atoms with Gasteiger partial charge < -0.3 is 5.73 Å². The number of nitrogens with two attached hydrogens (primary N) is 1. The minimum atomic E-state index is -4.68. The molecule has 4 rings (SSSR count). The Kier molecular flexibility index (Phi) is 5.28. The third-order valence-corrected chi connectivity index (χ3v) is 5.75. The fraction of sp³-hybridized carbons (Fsp3) is 0.261. The topological polar surface area (TPSA) is 76.5 Å². The number of fused-ring (bicyclic) bond motifs is 1. The van der Waals surface area contributed by atoms with Crippen LogP contribution in [0.2, 0.25) is 0 Å². The van der Waals surface area contributed by atoms with Crippen molar-refractivity contribution < 1.29 is 18.0 Å². The third-order valence-electron chi connectivity index (χ3n) is 5.75. The van der Waals surface area contributed by atoms with Gasteiger partial charge in [-0.2, -0.15) is 23.4 Å². The van der Waals surface area contributed by atoms with Crippen molar-refractivity contribution in [2.75, 3.05) is 0 Å². The molecule has 0 aliphatic carbocycles. The smallest absolute Gasteiger partial charge is 0.350 e. The van der Waals surface area contributed by atoms with E-state index in [1.165, 1.54) is 0 Å². The van der Waals surface area contributed by atoms with Crippen LogP contribution in [0.5, 0.6) is 0 Å². The first-order valence-corrected chi connectivity index (χ1v) is 10.0. The van der Waals surface area contributed by atoms with E-state index in [4.69, 9.17) is 5.73 Å². The Bertz CT molecular complexity index is 1210. The van der Waals surface area contributed by atoms with E-state index in [1.54, 1.807) is 41.1 Å². The highest BCUT2D eigenvalue weighted by molar-refractivity contribution is 6.14. The summed E-state index contributed by atoms with van der Waals surface area (Å²) < 4.78 is 43.0. The van der Waals surface area contributed by atoms with Gasteiger partial charge in [0.2, 0.25) is 0 Å². The summed E-state index contributed by atoms with van der Waals surface area (Å²) in [4.78, 5) is 11.9. The van der Waals surface area contributed by atoms with Crippen LogP contribution in [0.4, 0.5) is 18.0 Å². The number of hydrogen-bond donors (Lipinski definition) is 1. The zero-order chi connectivity index (χ0) is 23.2. The van der Waals surface area contributed by atoms with Gasteiger partial charge in [0.25, 0.3) is 0 Å². The number of hydrazone groups is 1. The maximum Gasteiger partial charge on any atom is 0.411 e. The number of urea groups is 1. The van der Waals surface area contributed by atoms with E-state index < -0.39 is 24.7 Å². The van der Waals surface area contributed by atoms with Crippen LogP contribution in [0.25, 0.3) is 11.1 Å². The Morgan fingerprint density at radius 2 is 1.69 bits per heavy atom. The minimum Gasteiger partial charge on any atom is -0.350 e. The first kappa shape index (κ1) is 21.6. The van der Waals surface area contributed by atoms with Crippen molar-refractivity contribution in [2.24, 2.45) is 17.9 Å². The standard InChI is InChI=1S/C23H22F3N5O/c1-13-20(14(2)30(3)28-13)15-8-10-16(11-9-15)21-18-7-5-4-6-17(18)12-19(23(24,25)26)31(29-21)22(27)32/h4-11,19H,12H2,1-3H3,(H2,27,32). The number of carbonyl (C=O) groups is 1. The molecule has 0 bridgehead atoms. The lowest BCUT2D eigenvalue weighted by Crippen LogP contribution is -2.49. The Labute approximate surface area is 183 Å². The van der Waals surface area contributed by atoms with Crippen molar-refractivity contribution in [1.82, 2.24) is 14.8 Å². The van der Waals surface area contributed by atoms with Crippen LogP contribution >= 0.6 is 0 Å². The number of hydrogen-bond acceptors (Lipinski definition) is 3. The number of amides is 2. The molecule has 32 heavy (non-hydrogen) atoms. The van der Waals surface area contributed by atoms with Gasteiger partial charge in [0.1, 0.15) is 0 Å². The van der Waals surface area contributed by atoms with Gasteiger partial charge in [0.15, 0.2) is 6.04 Å². The van der Waals surface area contributed by atoms with Gasteiger partial charge in [-0.15, -0.1) is 0 Å². The normalized spacial score (nSPS) is 16.4. The number of benzene rings is 2. The summed E-state index contributed by atoms with van der Waals surface area (Å²) in [5.74, 6) is 0. The van der Waals surface area contributed by atoms with Crippen LogP contribution in [-0.4, -0.2) is 38.8 Å². The molecule has 0 fully saturated rings. The van der Waals surface area contributed by atoms with Crippen molar-refractivity contribution in [1.29, 1.82) is 0 Å². The molecule has 0 saturated carbocycles. The van der Waals surface area contributed by atoms with Gasteiger partial charge in [0.05, 0.1) is 11.4 Å². The Morgan fingerprint density at radius 1 is 1.06 bits per heavy atom. The van der Waals surface area contributed by atoms with Gasteiger partial charge >= 0.3 is 12.2 Å². The van der Waals surface area contributed by atoms with Crippen LogP contribution in [0.3, 0.4) is 0 Å². The number of aryl methyl sites for hydroxylation is 2. The number of halogens is 3. The summed E-state index contributed by atoms with van der Waals surface area (Å²) >= 11 is 0. The first-order valence-electron chi connectivity index (χ1n) is 10.0. The number of nitrogens with zero attached hydrogens (tertiary/aromatic N) is 4. The molecule has 3 aromatic rings. The van der Waals surface area contributed by atoms with E-state index in [1.807, 2.05) is 33.0 Å². The summed E-state index contributed by atoms with van der Waals surface area (Å²) in [5, 5.41) is 8.89. The largest absolute Gasteiger partial charge is 0.411 e. The van der Waals surface area contributed by atoms with Crippen molar-refractivity contribution in [3.05, 3.63) is 76.6 Å². The molecule has 1 aliphatic heterocycles. The quantitative estimate of drug-likeness (QED) is 0.643. The zero-order valence-electron chi connectivity index (χ0n) is 17.8. The predicted molar refractivity (Wildman–Crippen MR) is 115 cm³/mol. The summed E-state index contributed by atoms with van der Waals surface area (Å²) in [6.07, 6.45) is -5.11. The van der Waals surface area contributed by atoms with Crippen molar-refractivity contribution >= 4 is 11.7 Å². The molecule has 1 atom stereocenters. The monoisotopic (exact) mass is 441 g/mol. The predicted octanol–water partition coefficient (Wildman–Crippen LogP) is 4.32. The molecule has 2 amide bonds. The molecule has 6 nitrogen and oxygen atoms in total. The average molecular weight is 441 g/mol. The maximum atomic E-state index is 13.7. The van der Waals surface area contributed by atoms with E-state index in [2.05, 4.69) is 10.2 Å².